The lowest BCUT2D eigenvalue weighted by molar-refractivity contribution is -0.142. The molecule has 0 bridgehead atoms. The number of hydrogen-bond donors (Lipinski definition) is 1. The second-order valence-corrected chi connectivity index (χ2v) is 6.77. The third kappa shape index (κ3) is 5.84. The monoisotopic (exact) mass is 337 g/mol. The van der Waals surface area contributed by atoms with E-state index >= 15 is 0 Å². The minimum atomic E-state index is -0.236. The van der Waals surface area contributed by atoms with Crippen LogP contribution in [-0.4, -0.2) is 45.8 Å². The number of hydrogen-bond acceptors (Lipinski definition) is 6. The zero-order valence-corrected chi connectivity index (χ0v) is 14.4. The summed E-state index contributed by atoms with van der Waals surface area (Å²) in [6, 6.07) is 0. The summed E-state index contributed by atoms with van der Waals surface area (Å²) in [6.45, 7) is 6.17. The molecule has 0 amide bonds. The highest BCUT2D eigenvalue weighted by atomic mass is 32.2. The number of carbonyl (C=O) groups is 2. The summed E-state index contributed by atoms with van der Waals surface area (Å²) >= 11 is 1.40. The van der Waals surface area contributed by atoms with Gasteiger partial charge < -0.3 is 10.1 Å². The van der Waals surface area contributed by atoms with Gasteiger partial charge in [0.25, 0.3) is 0 Å². The molecular weight excluding hydrogens is 314 g/mol. The highest BCUT2D eigenvalue weighted by molar-refractivity contribution is 8.14. The number of ether oxygens (including phenoxy) is 1. The molecule has 0 spiro atoms. The Kier molecular flexibility index (Phi) is 6.85. The standard InChI is InChI=1S/C16H23N3O3S/c1-3-22-16(21)8-13-9-18-19(11-13)7-5-14-10-17-6-4-15(14)23-12(2)20/h5,9,11,15,17H,3-4,6-8,10H2,1-2H3. The summed E-state index contributed by atoms with van der Waals surface area (Å²) in [5.41, 5.74) is 2.08. The van der Waals surface area contributed by atoms with Gasteiger partial charge in [-0.15, -0.1) is 0 Å². The number of esters is 1. The second-order valence-electron chi connectivity index (χ2n) is 5.39. The first-order chi connectivity index (χ1) is 11.1. The molecule has 1 unspecified atom stereocenters. The van der Waals surface area contributed by atoms with Gasteiger partial charge in [0.05, 0.1) is 25.8 Å². The van der Waals surface area contributed by atoms with Crippen LogP contribution in [0.25, 0.3) is 0 Å². The molecule has 6 nitrogen and oxygen atoms in total. The molecular formula is C16H23N3O3S. The Morgan fingerprint density at radius 2 is 2.39 bits per heavy atom. The fraction of sp³-hybridized carbons (Fsp3) is 0.562. The van der Waals surface area contributed by atoms with Crippen LogP contribution in [0.1, 0.15) is 25.8 Å². The highest BCUT2D eigenvalue weighted by Crippen LogP contribution is 2.25. The predicted molar refractivity (Wildman–Crippen MR) is 90.2 cm³/mol. The topological polar surface area (TPSA) is 73.2 Å². The molecule has 1 N–H and O–H groups in total. The van der Waals surface area contributed by atoms with E-state index in [2.05, 4.69) is 16.5 Å². The quantitative estimate of drug-likeness (QED) is 0.627. The Morgan fingerprint density at radius 1 is 1.57 bits per heavy atom. The largest absolute Gasteiger partial charge is 0.466 e. The third-order valence-corrected chi connectivity index (χ3v) is 4.67. The molecule has 1 fully saturated rings. The van der Waals surface area contributed by atoms with E-state index in [1.165, 1.54) is 17.3 Å². The number of nitrogens with one attached hydrogen (secondary N) is 1. The number of carbonyl (C=O) groups excluding carboxylic acids is 2. The summed E-state index contributed by atoms with van der Waals surface area (Å²) in [4.78, 5) is 22.8. The summed E-state index contributed by atoms with van der Waals surface area (Å²) in [6.07, 6.45) is 6.87. The molecule has 7 heteroatoms. The molecule has 1 aliphatic rings. The molecule has 1 aromatic rings. The molecule has 1 saturated heterocycles. The first-order valence-corrected chi connectivity index (χ1v) is 8.70. The van der Waals surface area contributed by atoms with Gasteiger partial charge in [0.15, 0.2) is 5.12 Å². The van der Waals surface area contributed by atoms with E-state index in [0.717, 1.165) is 25.1 Å². The fourth-order valence-corrected chi connectivity index (χ4v) is 3.46. The molecule has 1 aliphatic heterocycles. The Bertz CT molecular complexity index is 583. The van der Waals surface area contributed by atoms with Gasteiger partial charge >= 0.3 is 5.97 Å². The number of piperidine rings is 1. The number of rotatable bonds is 6. The lowest BCUT2D eigenvalue weighted by Crippen LogP contribution is -2.32. The second kappa shape index (κ2) is 8.88. The average Bonchev–Trinajstić information content (AvgIpc) is 2.93. The molecule has 126 valence electrons. The maximum atomic E-state index is 11.5. The summed E-state index contributed by atoms with van der Waals surface area (Å²) < 4.78 is 6.73. The van der Waals surface area contributed by atoms with Gasteiger partial charge in [-0.3, -0.25) is 14.3 Å². The third-order valence-electron chi connectivity index (χ3n) is 3.52. The Labute approximate surface area is 140 Å². The van der Waals surface area contributed by atoms with E-state index < -0.39 is 0 Å². The van der Waals surface area contributed by atoms with E-state index in [0.29, 0.717) is 13.2 Å². The zero-order valence-electron chi connectivity index (χ0n) is 13.6. The fourth-order valence-electron chi connectivity index (χ4n) is 2.49. The molecule has 23 heavy (non-hydrogen) atoms. The summed E-state index contributed by atoms with van der Waals surface area (Å²) in [5, 5.41) is 8.01. The normalized spacial score (nSPS) is 19.7. The Balaban J connectivity index is 1.94. The Morgan fingerprint density at radius 3 is 3.13 bits per heavy atom. The minimum Gasteiger partial charge on any atom is -0.466 e. The minimum absolute atomic E-state index is 0.151. The molecule has 0 radical (unpaired) electrons. The maximum Gasteiger partial charge on any atom is 0.310 e. The molecule has 0 saturated carbocycles. The lowest BCUT2D eigenvalue weighted by Gasteiger charge is -2.25. The van der Waals surface area contributed by atoms with Gasteiger partial charge in [0.2, 0.25) is 0 Å². The van der Waals surface area contributed by atoms with E-state index in [-0.39, 0.29) is 22.8 Å². The molecule has 1 atom stereocenters. The smallest absolute Gasteiger partial charge is 0.310 e. The van der Waals surface area contributed by atoms with Crippen LogP contribution < -0.4 is 5.32 Å². The summed E-state index contributed by atoms with van der Waals surface area (Å²) in [7, 11) is 0. The number of allylic oxidation sites excluding steroid dienone is 1. The first kappa shape index (κ1) is 17.7. The first-order valence-electron chi connectivity index (χ1n) is 7.82. The van der Waals surface area contributed by atoms with Crippen LogP contribution in [0, 0.1) is 0 Å². The molecule has 0 aliphatic carbocycles. The van der Waals surface area contributed by atoms with Crippen LogP contribution in [0.5, 0.6) is 0 Å². The van der Waals surface area contributed by atoms with Gasteiger partial charge in [-0.05, 0) is 25.5 Å². The number of aromatic nitrogens is 2. The molecule has 2 rings (SSSR count). The predicted octanol–water partition coefficient (Wildman–Crippen LogP) is 1.56. The van der Waals surface area contributed by atoms with Gasteiger partial charge in [-0.1, -0.05) is 17.8 Å². The van der Waals surface area contributed by atoms with E-state index in [1.807, 2.05) is 6.20 Å². The van der Waals surface area contributed by atoms with Crippen LogP contribution in [0.4, 0.5) is 0 Å². The molecule has 1 aromatic heterocycles. The average molecular weight is 337 g/mol. The number of thioether (sulfide) groups is 1. The molecule has 2 heterocycles. The van der Waals surface area contributed by atoms with Crippen molar-refractivity contribution in [3.05, 3.63) is 29.6 Å². The Hall–Kier alpha value is -1.60. The lowest BCUT2D eigenvalue weighted by atomic mass is 10.1. The number of nitrogens with zero attached hydrogens (tertiary/aromatic N) is 2. The molecule has 0 aromatic carbocycles. The zero-order chi connectivity index (χ0) is 16.7. The van der Waals surface area contributed by atoms with Crippen molar-refractivity contribution in [3.63, 3.8) is 0 Å². The highest BCUT2D eigenvalue weighted by Gasteiger charge is 2.20. The van der Waals surface area contributed by atoms with Crippen molar-refractivity contribution >= 4 is 22.8 Å². The van der Waals surface area contributed by atoms with E-state index in [4.69, 9.17) is 4.74 Å². The SMILES string of the molecule is CCOC(=O)Cc1cnn(CC=C2CNCCC2SC(C)=O)c1. The van der Waals surface area contributed by atoms with Crippen molar-refractivity contribution in [2.24, 2.45) is 0 Å². The van der Waals surface area contributed by atoms with Crippen LogP contribution in [-0.2, 0) is 27.3 Å². The van der Waals surface area contributed by atoms with Crippen LogP contribution in [0.15, 0.2) is 24.0 Å². The van der Waals surface area contributed by atoms with E-state index in [9.17, 15) is 9.59 Å². The van der Waals surface area contributed by atoms with Gasteiger partial charge in [-0.2, -0.15) is 5.10 Å². The van der Waals surface area contributed by atoms with Crippen LogP contribution in [0.2, 0.25) is 0 Å². The van der Waals surface area contributed by atoms with Gasteiger partial charge in [-0.25, -0.2) is 0 Å². The van der Waals surface area contributed by atoms with E-state index in [1.54, 1.807) is 24.7 Å². The van der Waals surface area contributed by atoms with Crippen molar-refractivity contribution in [2.45, 2.75) is 38.5 Å². The van der Waals surface area contributed by atoms with Crippen LogP contribution in [0.3, 0.4) is 0 Å². The van der Waals surface area contributed by atoms with Crippen molar-refractivity contribution in [1.29, 1.82) is 0 Å². The van der Waals surface area contributed by atoms with Crippen molar-refractivity contribution in [3.8, 4) is 0 Å². The van der Waals surface area contributed by atoms with Crippen molar-refractivity contribution in [1.82, 2.24) is 15.1 Å². The summed E-state index contributed by atoms with van der Waals surface area (Å²) in [5.74, 6) is -0.236. The van der Waals surface area contributed by atoms with Crippen molar-refractivity contribution in [2.75, 3.05) is 19.7 Å². The van der Waals surface area contributed by atoms with Crippen LogP contribution >= 0.6 is 11.8 Å². The van der Waals surface area contributed by atoms with Crippen molar-refractivity contribution < 1.29 is 14.3 Å². The maximum absolute atomic E-state index is 11.5. The van der Waals surface area contributed by atoms with Gasteiger partial charge in [0.1, 0.15) is 0 Å². The van der Waals surface area contributed by atoms with Gasteiger partial charge in [0, 0.05) is 30.5 Å².